The fourth-order valence-electron chi connectivity index (χ4n) is 2.81. The van der Waals surface area contributed by atoms with Gasteiger partial charge in [0.1, 0.15) is 0 Å². The average Bonchev–Trinajstić information content (AvgIpc) is 2.29. The van der Waals surface area contributed by atoms with E-state index >= 15 is 0 Å². The Balaban J connectivity index is 2.85. The first-order valence-corrected chi connectivity index (χ1v) is 6.95. The summed E-state index contributed by atoms with van der Waals surface area (Å²) >= 11 is 0. The Labute approximate surface area is 112 Å². The summed E-state index contributed by atoms with van der Waals surface area (Å²) in [6.45, 7) is 9.73. The van der Waals surface area contributed by atoms with Gasteiger partial charge in [-0.05, 0) is 36.8 Å². The minimum atomic E-state index is 0.411. The molecule has 0 aliphatic heterocycles. The number of rotatable bonds is 6. The molecule has 0 amide bonds. The normalized spacial score (nSPS) is 14.6. The van der Waals surface area contributed by atoms with E-state index in [1.54, 1.807) is 0 Å². The molecule has 2 unspecified atom stereocenters. The minimum absolute atomic E-state index is 0.411. The highest BCUT2D eigenvalue weighted by Crippen LogP contribution is 2.25. The van der Waals surface area contributed by atoms with Crippen LogP contribution in [0.15, 0.2) is 24.3 Å². The molecule has 2 atom stereocenters. The number of hydrogen-bond acceptors (Lipinski definition) is 2. The third-order valence-corrected chi connectivity index (χ3v) is 3.73. The molecular formula is C16H28N2. The van der Waals surface area contributed by atoms with Crippen LogP contribution in [-0.4, -0.2) is 19.6 Å². The lowest BCUT2D eigenvalue weighted by Crippen LogP contribution is -2.43. The van der Waals surface area contributed by atoms with Crippen LogP contribution in [0.1, 0.15) is 32.8 Å². The van der Waals surface area contributed by atoms with Crippen LogP contribution in [0, 0.1) is 18.8 Å². The summed E-state index contributed by atoms with van der Waals surface area (Å²) in [5.74, 6) is 1.33. The van der Waals surface area contributed by atoms with Crippen molar-refractivity contribution in [3.8, 4) is 0 Å². The van der Waals surface area contributed by atoms with Gasteiger partial charge in [-0.25, -0.2) is 0 Å². The van der Waals surface area contributed by atoms with Gasteiger partial charge in [0.2, 0.25) is 0 Å². The van der Waals surface area contributed by atoms with Crippen molar-refractivity contribution in [2.24, 2.45) is 17.6 Å². The van der Waals surface area contributed by atoms with Crippen molar-refractivity contribution in [1.29, 1.82) is 0 Å². The predicted molar refractivity (Wildman–Crippen MR) is 81.0 cm³/mol. The van der Waals surface area contributed by atoms with E-state index in [1.807, 2.05) is 0 Å². The van der Waals surface area contributed by atoms with Crippen LogP contribution < -0.4 is 10.6 Å². The second-order valence-electron chi connectivity index (χ2n) is 5.81. The number of hydrogen-bond donors (Lipinski definition) is 1. The van der Waals surface area contributed by atoms with Crippen molar-refractivity contribution in [2.45, 2.75) is 40.2 Å². The fourth-order valence-corrected chi connectivity index (χ4v) is 2.81. The third kappa shape index (κ3) is 3.74. The standard InChI is InChI=1S/C16H28N2/c1-12(2)10-14(4)16(11-17)18(5)15-9-7-6-8-13(15)3/h6-9,12,14,16H,10-11,17H2,1-5H3. The lowest BCUT2D eigenvalue weighted by Gasteiger charge is -2.35. The van der Waals surface area contributed by atoms with E-state index in [4.69, 9.17) is 5.73 Å². The van der Waals surface area contributed by atoms with Gasteiger partial charge >= 0.3 is 0 Å². The highest BCUT2D eigenvalue weighted by molar-refractivity contribution is 5.53. The number of benzene rings is 1. The number of para-hydroxylation sites is 1. The zero-order valence-corrected chi connectivity index (χ0v) is 12.5. The van der Waals surface area contributed by atoms with Crippen molar-refractivity contribution in [1.82, 2.24) is 0 Å². The van der Waals surface area contributed by atoms with E-state index in [2.05, 4.69) is 63.9 Å². The summed E-state index contributed by atoms with van der Waals surface area (Å²) in [6.07, 6.45) is 1.22. The summed E-state index contributed by atoms with van der Waals surface area (Å²) in [6, 6.07) is 8.93. The second-order valence-corrected chi connectivity index (χ2v) is 5.81. The molecule has 0 spiro atoms. The topological polar surface area (TPSA) is 29.3 Å². The molecule has 1 aromatic carbocycles. The average molecular weight is 248 g/mol. The number of nitrogens with zero attached hydrogens (tertiary/aromatic N) is 1. The SMILES string of the molecule is Cc1ccccc1N(C)C(CN)C(C)CC(C)C. The van der Waals surface area contributed by atoms with Crippen molar-refractivity contribution >= 4 is 5.69 Å². The second kappa shape index (κ2) is 6.79. The van der Waals surface area contributed by atoms with Gasteiger partial charge in [-0.2, -0.15) is 0 Å². The first-order chi connectivity index (χ1) is 8.47. The molecule has 1 rings (SSSR count). The molecule has 102 valence electrons. The lowest BCUT2D eigenvalue weighted by atomic mass is 9.91. The van der Waals surface area contributed by atoms with Crippen LogP contribution in [0.3, 0.4) is 0 Å². The number of likely N-dealkylation sites (N-methyl/N-ethyl adjacent to an activating group) is 1. The molecule has 0 saturated heterocycles. The Morgan fingerprint density at radius 2 is 1.78 bits per heavy atom. The zero-order valence-electron chi connectivity index (χ0n) is 12.5. The lowest BCUT2D eigenvalue weighted by molar-refractivity contribution is 0.367. The summed E-state index contributed by atoms with van der Waals surface area (Å²) in [7, 11) is 2.16. The summed E-state index contributed by atoms with van der Waals surface area (Å²) in [5, 5.41) is 0. The van der Waals surface area contributed by atoms with E-state index in [-0.39, 0.29) is 0 Å². The first-order valence-electron chi connectivity index (χ1n) is 6.95. The van der Waals surface area contributed by atoms with E-state index < -0.39 is 0 Å². The van der Waals surface area contributed by atoms with Crippen LogP contribution in [0.2, 0.25) is 0 Å². The maximum absolute atomic E-state index is 6.00. The summed E-state index contributed by atoms with van der Waals surface area (Å²) in [4.78, 5) is 2.35. The molecule has 2 nitrogen and oxygen atoms in total. The molecule has 2 heteroatoms. The smallest absolute Gasteiger partial charge is 0.0434 e. The molecule has 18 heavy (non-hydrogen) atoms. The molecular weight excluding hydrogens is 220 g/mol. The highest BCUT2D eigenvalue weighted by Gasteiger charge is 2.22. The largest absolute Gasteiger partial charge is 0.370 e. The molecule has 0 radical (unpaired) electrons. The van der Waals surface area contributed by atoms with Gasteiger partial charge in [0.05, 0.1) is 0 Å². The Bertz CT molecular complexity index is 360. The van der Waals surface area contributed by atoms with Crippen molar-refractivity contribution < 1.29 is 0 Å². The van der Waals surface area contributed by atoms with E-state index in [0.717, 1.165) is 5.92 Å². The zero-order chi connectivity index (χ0) is 13.7. The molecule has 0 aromatic heterocycles. The van der Waals surface area contributed by atoms with E-state index in [0.29, 0.717) is 18.5 Å². The van der Waals surface area contributed by atoms with Gasteiger partial charge in [0, 0.05) is 25.3 Å². The van der Waals surface area contributed by atoms with Gasteiger partial charge in [0.15, 0.2) is 0 Å². The quantitative estimate of drug-likeness (QED) is 0.835. The van der Waals surface area contributed by atoms with Crippen LogP contribution in [0.4, 0.5) is 5.69 Å². The fraction of sp³-hybridized carbons (Fsp3) is 0.625. The first kappa shape index (κ1) is 15.0. The van der Waals surface area contributed by atoms with E-state index in [9.17, 15) is 0 Å². The Morgan fingerprint density at radius 3 is 2.28 bits per heavy atom. The molecule has 0 aliphatic rings. The molecule has 0 fully saturated rings. The molecule has 0 heterocycles. The Morgan fingerprint density at radius 1 is 1.17 bits per heavy atom. The Hall–Kier alpha value is -1.02. The molecule has 1 aromatic rings. The van der Waals surface area contributed by atoms with Gasteiger partial charge in [-0.15, -0.1) is 0 Å². The van der Waals surface area contributed by atoms with Gasteiger partial charge < -0.3 is 10.6 Å². The third-order valence-electron chi connectivity index (χ3n) is 3.73. The monoisotopic (exact) mass is 248 g/mol. The molecule has 0 saturated carbocycles. The Kier molecular flexibility index (Phi) is 5.67. The molecule has 2 N–H and O–H groups in total. The summed E-state index contributed by atoms with van der Waals surface area (Å²) in [5.41, 5.74) is 8.61. The van der Waals surface area contributed by atoms with Gasteiger partial charge in [0.25, 0.3) is 0 Å². The number of anilines is 1. The summed E-state index contributed by atoms with van der Waals surface area (Å²) < 4.78 is 0. The van der Waals surface area contributed by atoms with Crippen molar-refractivity contribution in [3.05, 3.63) is 29.8 Å². The van der Waals surface area contributed by atoms with Crippen LogP contribution >= 0.6 is 0 Å². The van der Waals surface area contributed by atoms with Crippen LogP contribution in [0.5, 0.6) is 0 Å². The highest BCUT2D eigenvalue weighted by atomic mass is 15.1. The van der Waals surface area contributed by atoms with Crippen LogP contribution in [-0.2, 0) is 0 Å². The maximum atomic E-state index is 6.00. The van der Waals surface area contributed by atoms with Crippen molar-refractivity contribution in [3.63, 3.8) is 0 Å². The number of aryl methyl sites for hydroxylation is 1. The van der Waals surface area contributed by atoms with Crippen molar-refractivity contribution in [2.75, 3.05) is 18.5 Å². The number of nitrogens with two attached hydrogens (primary N) is 1. The maximum Gasteiger partial charge on any atom is 0.0434 e. The minimum Gasteiger partial charge on any atom is -0.370 e. The van der Waals surface area contributed by atoms with Gasteiger partial charge in [-0.3, -0.25) is 0 Å². The van der Waals surface area contributed by atoms with E-state index in [1.165, 1.54) is 17.7 Å². The predicted octanol–water partition coefficient (Wildman–Crippen LogP) is 3.44. The molecule has 0 bridgehead atoms. The molecule has 0 aliphatic carbocycles. The van der Waals surface area contributed by atoms with Crippen LogP contribution in [0.25, 0.3) is 0 Å². The van der Waals surface area contributed by atoms with Gasteiger partial charge in [-0.1, -0.05) is 39.0 Å².